The zero-order chi connectivity index (χ0) is 32.1. The average Bonchev–Trinajstić information content (AvgIpc) is 3.16. The third-order valence-corrected chi connectivity index (χ3v) is 13.3. The number of para-hydroxylation sites is 2. The van der Waals surface area contributed by atoms with E-state index < -0.39 is 10.0 Å². The molecule has 5 heteroatoms. The highest BCUT2D eigenvalue weighted by molar-refractivity contribution is 8.34. The van der Waals surface area contributed by atoms with Crippen LogP contribution in [0.2, 0.25) is 0 Å². The Hall–Kier alpha value is -5.96. The quantitative estimate of drug-likeness (QED) is 0.178. The summed E-state index contributed by atoms with van der Waals surface area (Å²) in [6.45, 7) is -0.0938. The van der Waals surface area contributed by atoms with Crippen LogP contribution in [0.1, 0.15) is 5.56 Å². The maximum absolute atomic E-state index is 10.8. The van der Waals surface area contributed by atoms with Gasteiger partial charge in [-0.05, 0) is 83.2 Å². The van der Waals surface area contributed by atoms with Gasteiger partial charge in [0.15, 0.2) is 0 Å². The topological polar surface area (TPSA) is 42.2 Å². The number of hydrogen-bond donors (Lipinski definition) is 0. The van der Waals surface area contributed by atoms with Crippen LogP contribution in [0, 0.1) is 11.3 Å². The normalized spacial score (nSPS) is 12.8. The van der Waals surface area contributed by atoms with Gasteiger partial charge in [-0.2, -0.15) is 5.26 Å². The Kier molecular flexibility index (Phi) is 6.71. The summed E-state index contributed by atoms with van der Waals surface area (Å²) in [7, 11) is -1.92. The first kappa shape index (κ1) is 28.3. The number of hydrogen-bond acceptors (Lipinski definition) is 3. The molecular weight excluding hydrogens is 605 g/mol. The average molecular weight is 634 g/mol. The molecular formula is C43H28BNO2S. The maximum atomic E-state index is 10.8. The van der Waals surface area contributed by atoms with Crippen LogP contribution in [0.3, 0.4) is 0 Å². The van der Waals surface area contributed by atoms with E-state index in [1.54, 1.807) is 0 Å². The van der Waals surface area contributed by atoms with E-state index in [-0.39, 0.29) is 6.71 Å². The fraction of sp³-hybridized carbons (Fsp3) is 0. The molecule has 0 saturated carbocycles. The first-order chi connectivity index (χ1) is 23.8. The lowest BCUT2D eigenvalue weighted by Crippen LogP contribution is -2.57. The molecule has 0 fully saturated rings. The maximum Gasteiger partial charge on any atom is 0.260 e. The van der Waals surface area contributed by atoms with Crippen molar-refractivity contribution >= 4 is 33.1 Å². The fourth-order valence-electron chi connectivity index (χ4n) is 7.33. The predicted molar refractivity (Wildman–Crippen MR) is 194 cm³/mol. The van der Waals surface area contributed by atoms with Gasteiger partial charge >= 0.3 is 0 Å². The van der Waals surface area contributed by atoms with Gasteiger partial charge in [0.1, 0.15) is 34.6 Å². The van der Waals surface area contributed by atoms with E-state index in [1.165, 1.54) is 19.6 Å². The molecule has 0 aromatic heterocycles. The molecule has 7 aromatic carbocycles. The van der Waals surface area contributed by atoms with Gasteiger partial charge in [-0.3, -0.25) is 0 Å². The molecule has 0 N–H and O–H groups in total. The highest BCUT2D eigenvalue weighted by Gasteiger charge is 2.42. The molecule has 48 heavy (non-hydrogen) atoms. The van der Waals surface area contributed by atoms with Crippen LogP contribution in [0.5, 0.6) is 23.0 Å². The second-order valence-corrected chi connectivity index (χ2v) is 15.1. The molecule has 0 spiro atoms. The number of benzene rings is 7. The first-order valence-corrected chi connectivity index (χ1v) is 17.6. The lowest BCUT2D eigenvalue weighted by Gasteiger charge is -2.42. The van der Waals surface area contributed by atoms with Crippen molar-refractivity contribution in [3.05, 3.63) is 175 Å². The summed E-state index contributed by atoms with van der Waals surface area (Å²) in [5.41, 5.74) is 5.28. The van der Waals surface area contributed by atoms with Crippen LogP contribution in [0.25, 0.3) is 11.1 Å². The summed E-state index contributed by atoms with van der Waals surface area (Å²) in [6.07, 6.45) is 0. The Morgan fingerprint density at radius 2 is 0.979 bits per heavy atom. The predicted octanol–water partition coefficient (Wildman–Crippen LogP) is 9.29. The molecule has 0 bridgehead atoms. The molecule has 2 aliphatic heterocycles. The smallest absolute Gasteiger partial charge is 0.260 e. The van der Waals surface area contributed by atoms with Gasteiger partial charge in [0.25, 0.3) is 6.71 Å². The molecule has 0 aliphatic carbocycles. The summed E-state index contributed by atoms with van der Waals surface area (Å²) in [6, 6.07) is 62.0. The van der Waals surface area contributed by atoms with Crippen molar-refractivity contribution in [3.63, 3.8) is 0 Å². The van der Waals surface area contributed by atoms with Crippen molar-refractivity contribution in [1.82, 2.24) is 0 Å². The van der Waals surface area contributed by atoms with Crippen LogP contribution >= 0.6 is 10.0 Å². The van der Waals surface area contributed by atoms with Crippen molar-refractivity contribution in [2.24, 2.45) is 0 Å². The van der Waals surface area contributed by atoms with Crippen molar-refractivity contribution < 1.29 is 9.47 Å². The monoisotopic (exact) mass is 633 g/mol. The first-order valence-electron chi connectivity index (χ1n) is 16.0. The minimum atomic E-state index is -1.92. The number of rotatable bonds is 5. The van der Waals surface area contributed by atoms with Crippen molar-refractivity contribution in [1.29, 1.82) is 5.26 Å². The van der Waals surface area contributed by atoms with Gasteiger partial charge in [0.2, 0.25) is 0 Å². The van der Waals surface area contributed by atoms with Gasteiger partial charge in [-0.15, -0.1) is 10.0 Å². The summed E-state index contributed by atoms with van der Waals surface area (Å²) in [4.78, 5) is 4.89. The van der Waals surface area contributed by atoms with Gasteiger partial charge in [-0.25, -0.2) is 0 Å². The molecule has 2 heterocycles. The van der Waals surface area contributed by atoms with Crippen LogP contribution < -0.4 is 25.9 Å². The largest absolute Gasteiger partial charge is 0.458 e. The zero-order valence-electron chi connectivity index (χ0n) is 25.9. The summed E-state index contributed by atoms with van der Waals surface area (Å²) in [5, 5.41) is 10.8. The van der Waals surface area contributed by atoms with Crippen molar-refractivity contribution in [2.75, 3.05) is 0 Å². The van der Waals surface area contributed by atoms with E-state index in [1.807, 2.05) is 42.5 Å². The second-order valence-electron chi connectivity index (χ2n) is 11.9. The highest BCUT2D eigenvalue weighted by Crippen LogP contribution is 2.73. The third kappa shape index (κ3) is 4.24. The Morgan fingerprint density at radius 1 is 0.479 bits per heavy atom. The van der Waals surface area contributed by atoms with E-state index in [0.29, 0.717) is 11.3 Å². The zero-order valence-corrected chi connectivity index (χ0v) is 26.7. The lowest BCUT2D eigenvalue weighted by molar-refractivity contribution is 0.464. The van der Waals surface area contributed by atoms with E-state index in [0.717, 1.165) is 44.8 Å². The van der Waals surface area contributed by atoms with E-state index in [4.69, 9.17) is 9.47 Å². The summed E-state index contributed by atoms with van der Waals surface area (Å²) in [5.74, 6) is 2.88. The number of nitriles is 1. The summed E-state index contributed by atoms with van der Waals surface area (Å²) < 4.78 is 13.3. The minimum absolute atomic E-state index is 0.0938. The molecule has 3 nitrogen and oxygen atoms in total. The van der Waals surface area contributed by atoms with E-state index in [9.17, 15) is 5.26 Å². The highest BCUT2D eigenvalue weighted by atomic mass is 32.3. The van der Waals surface area contributed by atoms with Crippen LogP contribution in [0.4, 0.5) is 0 Å². The molecule has 226 valence electrons. The number of nitrogens with zero attached hydrogens (tertiary/aromatic N) is 1. The summed E-state index contributed by atoms with van der Waals surface area (Å²) >= 11 is 0. The van der Waals surface area contributed by atoms with Gasteiger partial charge in [0.05, 0.1) is 0 Å². The van der Waals surface area contributed by atoms with Crippen LogP contribution in [-0.4, -0.2) is 6.71 Å². The number of ether oxygens (including phenoxy) is 2. The van der Waals surface area contributed by atoms with Crippen LogP contribution in [-0.2, 0) is 0 Å². The Balaban J connectivity index is 1.31. The second kappa shape index (κ2) is 11.4. The standard InChI is InChI=1S/C43H28BNO2S/c45-29-36-35(28-41-42-43(36)47-40-26-13-11-24-38(40)44(42)37-23-10-12-25-39(37)46-41)30-15-14-22-34(27-30)48(31-16-4-1-5-17-31,32-18-6-2-7-19-32)33-20-8-3-9-21-33/h1-28H. The molecule has 2 aliphatic rings. The Bertz CT molecular complexity index is 2260. The third-order valence-electron chi connectivity index (χ3n) is 9.36. The molecule has 0 radical (unpaired) electrons. The van der Waals surface area contributed by atoms with Crippen molar-refractivity contribution in [3.8, 4) is 40.2 Å². The molecule has 7 aromatic rings. The lowest BCUT2D eigenvalue weighted by atomic mass is 9.34. The SMILES string of the molecule is N#Cc1c(-c2cccc(S(c3ccccc3)(c3ccccc3)c3ccccc3)c2)cc2c3c1Oc1ccccc1B3c1ccccc1O2. The van der Waals surface area contributed by atoms with E-state index >= 15 is 0 Å². The van der Waals surface area contributed by atoms with Crippen molar-refractivity contribution in [2.45, 2.75) is 19.6 Å². The van der Waals surface area contributed by atoms with E-state index in [2.05, 4.69) is 133 Å². The van der Waals surface area contributed by atoms with Crippen LogP contribution in [0.15, 0.2) is 189 Å². The molecule has 0 saturated heterocycles. The molecule has 9 rings (SSSR count). The van der Waals surface area contributed by atoms with Gasteiger partial charge < -0.3 is 9.47 Å². The van der Waals surface area contributed by atoms with Gasteiger partial charge in [0, 0.05) is 30.6 Å². The minimum Gasteiger partial charge on any atom is -0.458 e. The molecule has 0 atom stereocenters. The number of fused-ring (bicyclic) bond motifs is 4. The fourth-order valence-corrected chi connectivity index (χ4v) is 11.2. The Morgan fingerprint density at radius 3 is 1.54 bits per heavy atom. The van der Waals surface area contributed by atoms with Gasteiger partial charge in [-0.1, -0.05) is 103 Å². The molecule has 0 unspecified atom stereocenters. The molecule has 0 amide bonds. The Labute approximate surface area is 282 Å².